The molecule has 0 fully saturated rings. The van der Waals surface area contributed by atoms with Crippen LogP contribution in [-0.4, -0.2) is 44.1 Å². The van der Waals surface area contributed by atoms with Crippen LogP contribution >= 0.6 is 11.6 Å². The second-order valence-corrected chi connectivity index (χ2v) is 6.75. The molecule has 0 aliphatic rings. The first-order valence-corrected chi connectivity index (χ1v) is 8.50. The van der Waals surface area contributed by atoms with Crippen LogP contribution in [0.15, 0.2) is 35.7 Å². The maximum absolute atomic E-state index is 12.5. The predicted octanol–water partition coefficient (Wildman–Crippen LogP) is 1.62. The molecule has 0 radical (unpaired) electrons. The molecule has 2 N–H and O–H groups in total. The Kier molecular flexibility index (Phi) is 7.34. The van der Waals surface area contributed by atoms with E-state index in [4.69, 9.17) is 16.7 Å². The smallest absolute Gasteiger partial charge is 0.243 e. The van der Waals surface area contributed by atoms with Gasteiger partial charge in [0.15, 0.2) is 0 Å². The van der Waals surface area contributed by atoms with Crippen molar-refractivity contribution in [1.29, 1.82) is 0 Å². The molecular formula is C14H21ClN2O3S. The molecule has 1 rings (SSSR count). The van der Waals surface area contributed by atoms with Crippen LogP contribution in [0.4, 0.5) is 0 Å². The minimum Gasteiger partial charge on any atom is -0.395 e. The molecule has 0 saturated heterocycles. The van der Waals surface area contributed by atoms with E-state index in [1.807, 2.05) is 6.92 Å². The summed E-state index contributed by atoms with van der Waals surface area (Å²) in [4.78, 5) is 0.114. The maximum atomic E-state index is 12.5. The Morgan fingerprint density at radius 2 is 2.19 bits per heavy atom. The zero-order valence-electron chi connectivity index (χ0n) is 12.0. The van der Waals surface area contributed by atoms with Crippen molar-refractivity contribution in [2.45, 2.75) is 18.4 Å². The molecule has 0 heterocycles. The van der Waals surface area contributed by atoms with Crippen molar-refractivity contribution in [3.8, 4) is 0 Å². The lowest BCUT2D eigenvalue weighted by Gasteiger charge is -2.20. The summed E-state index contributed by atoms with van der Waals surface area (Å²) in [6.07, 6.45) is 1.48. The maximum Gasteiger partial charge on any atom is 0.243 e. The van der Waals surface area contributed by atoms with Crippen molar-refractivity contribution in [1.82, 2.24) is 9.62 Å². The number of rotatable bonds is 9. The highest BCUT2D eigenvalue weighted by molar-refractivity contribution is 7.89. The molecule has 7 heteroatoms. The monoisotopic (exact) mass is 332 g/mol. The highest BCUT2D eigenvalue weighted by atomic mass is 35.5. The minimum atomic E-state index is -3.69. The zero-order chi connectivity index (χ0) is 15.9. The van der Waals surface area contributed by atoms with Crippen LogP contribution < -0.4 is 5.32 Å². The number of aliphatic hydroxyl groups is 1. The Balaban J connectivity index is 3.07. The summed E-state index contributed by atoms with van der Waals surface area (Å²) in [7, 11) is -3.69. The molecule has 0 aliphatic heterocycles. The largest absolute Gasteiger partial charge is 0.395 e. The zero-order valence-corrected chi connectivity index (χ0v) is 13.6. The fourth-order valence-corrected chi connectivity index (χ4v) is 3.55. The van der Waals surface area contributed by atoms with E-state index in [-0.39, 0.29) is 24.6 Å². The number of nitrogens with zero attached hydrogens (tertiary/aromatic N) is 1. The van der Waals surface area contributed by atoms with Gasteiger partial charge in [-0.2, -0.15) is 4.31 Å². The normalized spacial score (nSPS) is 11.8. The average molecular weight is 333 g/mol. The highest BCUT2D eigenvalue weighted by Crippen LogP contribution is 2.23. The highest BCUT2D eigenvalue weighted by Gasteiger charge is 2.23. The summed E-state index contributed by atoms with van der Waals surface area (Å²) in [5, 5.41) is 12.5. The summed E-state index contributed by atoms with van der Waals surface area (Å²) in [6.45, 7) is 6.81. The molecule has 0 spiro atoms. The summed E-state index contributed by atoms with van der Waals surface area (Å²) in [6, 6.07) is 4.67. The summed E-state index contributed by atoms with van der Waals surface area (Å²) in [5.41, 5.74) is 0.842. The third-order valence-corrected chi connectivity index (χ3v) is 5.12. The van der Waals surface area contributed by atoms with E-state index in [2.05, 4.69) is 11.9 Å². The average Bonchev–Trinajstić information content (AvgIpc) is 2.45. The van der Waals surface area contributed by atoms with Crippen LogP contribution in [0, 0.1) is 0 Å². The van der Waals surface area contributed by atoms with Crippen molar-refractivity contribution < 1.29 is 13.5 Å². The molecule has 21 heavy (non-hydrogen) atoms. The van der Waals surface area contributed by atoms with Crippen LogP contribution in [-0.2, 0) is 16.6 Å². The molecule has 0 saturated carbocycles. The first-order chi connectivity index (χ1) is 9.97. The van der Waals surface area contributed by atoms with E-state index in [9.17, 15) is 8.42 Å². The molecule has 118 valence electrons. The quantitative estimate of drug-likeness (QED) is 0.674. The van der Waals surface area contributed by atoms with Crippen LogP contribution in [0.5, 0.6) is 0 Å². The summed E-state index contributed by atoms with van der Waals surface area (Å²) >= 11 is 6.14. The fourth-order valence-electron chi connectivity index (χ4n) is 1.81. The van der Waals surface area contributed by atoms with Gasteiger partial charge in [0.05, 0.1) is 11.5 Å². The summed E-state index contributed by atoms with van der Waals surface area (Å²) < 4.78 is 26.1. The third kappa shape index (κ3) is 4.79. The number of nitrogens with one attached hydrogen (secondary N) is 1. The van der Waals surface area contributed by atoms with Crippen LogP contribution in [0.3, 0.4) is 0 Å². The van der Waals surface area contributed by atoms with Gasteiger partial charge in [-0.05, 0) is 24.2 Å². The summed E-state index contributed by atoms with van der Waals surface area (Å²) in [5.74, 6) is 0. The first kappa shape index (κ1) is 18.1. The molecule has 1 aromatic carbocycles. The van der Waals surface area contributed by atoms with Gasteiger partial charge in [0.1, 0.15) is 0 Å². The Labute approximate surface area is 131 Å². The standard InChI is InChI=1S/C14H21ClN2O3S/c1-3-7-17(8-9-18)21(19,20)13-6-5-12(11-16-4-2)14(15)10-13/h3,5-6,10,16,18H,1,4,7-9,11H2,2H3. The molecular weight excluding hydrogens is 312 g/mol. The van der Waals surface area contributed by atoms with E-state index >= 15 is 0 Å². The molecule has 0 unspecified atom stereocenters. The second-order valence-electron chi connectivity index (χ2n) is 4.41. The Bertz CT molecular complexity index is 576. The topological polar surface area (TPSA) is 69.6 Å². The van der Waals surface area contributed by atoms with Crippen molar-refractivity contribution >= 4 is 21.6 Å². The van der Waals surface area contributed by atoms with Gasteiger partial charge in [-0.1, -0.05) is 30.7 Å². The fraction of sp³-hybridized carbons (Fsp3) is 0.429. The van der Waals surface area contributed by atoms with E-state index in [0.717, 1.165) is 16.4 Å². The Hall–Kier alpha value is -0.920. The van der Waals surface area contributed by atoms with Crippen molar-refractivity contribution in [2.75, 3.05) is 26.2 Å². The van der Waals surface area contributed by atoms with Gasteiger partial charge in [0, 0.05) is 24.7 Å². The van der Waals surface area contributed by atoms with Crippen molar-refractivity contribution in [3.05, 3.63) is 41.4 Å². The number of aliphatic hydroxyl groups excluding tert-OH is 1. The van der Waals surface area contributed by atoms with Crippen molar-refractivity contribution in [3.63, 3.8) is 0 Å². The Morgan fingerprint density at radius 3 is 2.71 bits per heavy atom. The van der Waals surface area contributed by atoms with Gasteiger partial charge in [0.25, 0.3) is 0 Å². The number of hydrogen-bond donors (Lipinski definition) is 2. The van der Waals surface area contributed by atoms with Crippen LogP contribution in [0.25, 0.3) is 0 Å². The number of benzene rings is 1. The number of sulfonamides is 1. The molecule has 0 amide bonds. The second kappa shape index (κ2) is 8.51. The van der Waals surface area contributed by atoms with Gasteiger partial charge < -0.3 is 10.4 Å². The van der Waals surface area contributed by atoms with Crippen molar-refractivity contribution in [2.24, 2.45) is 0 Å². The lowest BCUT2D eigenvalue weighted by Crippen LogP contribution is -2.33. The van der Waals surface area contributed by atoms with Gasteiger partial charge in [-0.25, -0.2) is 8.42 Å². The number of halogens is 1. The minimum absolute atomic E-state index is 0.0190. The molecule has 0 aromatic heterocycles. The number of hydrogen-bond acceptors (Lipinski definition) is 4. The third-order valence-electron chi connectivity index (χ3n) is 2.91. The molecule has 0 bridgehead atoms. The van der Waals surface area contributed by atoms with Crippen LogP contribution in [0.1, 0.15) is 12.5 Å². The van der Waals surface area contributed by atoms with Gasteiger partial charge in [-0.3, -0.25) is 0 Å². The first-order valence-electron chi connectivity index (χ1n) is 6.68. The van der Waals surface area contributed by atoms with E-state index in [1.54, 1.807) is 6.07 Å². The van der Waals surface area contributed by atoms with Gasteiger partial charge >= 0.3 is 0 Å². The SMILES string of the molecule is C=CCN(CCO)S(=O)(=O)c1ccc(CNCC)c(Cl)c1. The molecule has 5 nitrogen and oxygen atoms in total. The molecule has 0 aliphatic carbocycles. The van der Waals surface area contributed by atoms with E-state index in [1.165, 1.54) is 18.2 Å². The van der Waals surface area contributed by atoms with E-state index in [0.29, 0.717) is 11.6 Å². The lowest BCUT2D eigenvalue weighted by atomic mass is 10.2. The molecule has 1 aromatic rings. The van der Waals surface area contributed by atoms with E-state index < -0.39 is 10.0 Å². The Morgan fingerprint density at radius 1 is 1.48 bits per heavy atom. The molecule has 0 atom stereocenters. The van der Waals surface area contributed by atoms with Crippen LogP contribution in [0.2, 0.25) is 5.02 Å². The van der Waals surface area contributed by atoms with Gasteiger partial charge in [0.2, 0.25) is 10.0 Å². The lowest BCUT2D eigenvalue weighted by molar-refractivity contribution is 0.260. The predicted molar refractivity (Wildman–Crippen MR) is 84.9 cm³/mol. The van der Waals surface area contributed by atoms with Gasteiger partial charge in [-0.15, -0.1) is 6.58 Å².